The minimum absolute atomic E-state index is 0.287. The van der Waals surface area contributed by atoms with Crippen molar-refractivity contribution in [1.82, 2.24) is 0 Å². The van der Waals surface area contributed by atoms with E-state index in [-0.39, 0.29) is 17.3 Å². The number of carbonyl (C=O) groups is 3. The van der Waals surface area contributed by atoms with Crippen molar-refractivity contribution in [1.29, 1.82) is 0 Å². The predicted octanol–water partition coefficient (Wildman–Crippen LogP) is 7.94. The van der Waals surface area contributed by atoms with Crippen LogP contribution in [0.3, 0.4) is 0 Å². The largest absolute Gasteiger partial charge is 0.300 e. The van der Waals surface area contributed by atoms with Crippen LogP contribution in [0.1, 0.15) is 122 Å². The highest BCUT2D eigenvalue weighted by molar-refractivity contribution is 5.76. The second-order valence-electron chi connectivity index (χ2n) is 10.0. The first-order valence-corrected chi connectivity index (χ1v) is 11.5. The molecule has 0 heterocycles. The molecule has 0 rings (SSSR count). The summed E-state index contributed by atoms with van der Waals surface area (Å²) in [5.74, 6) is 4.24. The van der Waals surface area contributed by atoms with E-state index in [0.29, 0.717) is 17.8 Å². The van der Waals surface area contributed by atoms with Crippen LogP contribution in [0.4, 0.5) is 0 Å². The van der Waals surface area contributed by atoms with Gasteiger partial charge in [-0.3, -0.25) is 0 Å². The fourth-order valence-electron chi connectivity index (χ4n) is 2.70. The molecule has 0 aromatic heterocycles. The molecule has 0 radical (unpaired) electrons. The fourth-order valence-corrected chi connectivity index (χ4v) is 2.70. The smallest absolute Gasteiger partial charge is 0.130 e. The van der Waals surface area contributed by atoms with Crippen LogP contribution in [-0.4, -0.2) is 17.3 Å². The molecule has 0 aromatic carbocycles. The average Bonchev–Trinajstić information content (AvgIpc) is 2.43. The maximum atomic E-state index is 10.3. The number of ketones is 3. The summed E-state index contributed by atoms with van der Waals surface area (Å²) >= 11 is 0. The van der Waals surface area contributed by atoms with Crippen molar-refractivity contribution in [3.63, 3.8) is 0 Å². The van der Waals surface area contributed by atoms with Gasteiger partial charge < -0.3 is 14.4 Å². The molecule has 0 saturated carbocycles. The third kappa shape index (κ3) is 58.4. The van der Waals surface area contributed by atoms with Crippen molar-refractivity contribution in [2.45, 2.75) is 122 Å². The summed E-state index contributed by atoms with van der Waals surface area (Å²) < 4.78 is 0. The summed E-state index contributed by atoms with van der Waals surface area (Å²) in [6.45, 7) is 26.3. The molecule has 0 saturated heterocycles. The topological polar surface area (TPSA) is 51.2 Å². The Morgan fingerprint density at radius 2 is 0.759 bits per heavy atom. The van der Waals surface area contributed by atoms with Gasteiger partial charge in [0.15, 0.2) is 0 Å². The zero-order valence-electron chi connectivity index (χ0n) is 22.1. The van der Waals surface area contributed by atoms with Crippen LogP contribution in [0.2, 0.25) is 0 Å². The lowest BCUT2D eigenvalue weighted by Gasteiger charge is -2.09. The maximum Gasteiger partial charge on any atom is 0.130 e. The Morgan fingerprint density at radius 3 is 0.793 bits per heavy atom. The van der Waals surface area contributed by atoms with E-state index in [1.807, 2.05) is 41.5 Å². The van der Waals surface area contributed by atoms with Crippen LogP contribution < -0.4 is 0 Å². The molecule has 0 N–H and O–H groups in total. The number of hydrogen-bond acceptors (Lipinski definition) is 3. The maximum absolute atomic E-state index is 10.3. The molecule has 3 heteroatoms. The van der Waals surface area contributed by atoms with Gasteiger partial charge in [-0.05, 0) is 56.8 Å². The van der Waals surface area contributed by atoms with E-state index < -0.39 is 0 Å². The Bertz CT molecular complexity index is 345. The van der Waals surface area contributed by atoms with E-state index in [1.165, 1.54) is 12.8 Å². The lowest BCUT2D eigenvalue weighted by molar-refractivity contribution is -0.118. The van der Waals surface area contributed by atoms with Crippen molar-refractivity contribution in [3.05, 3.63) is 0 Å². The number of rotatable bonds is 9. The highest BCUT2D eigenvalue weighted by Crippen LogP contribution is 2.12. The van der Waals surface area contributed by atoms with E-state index in [1.54, 1.807) is 20.8 Å². The molecule has 0 spiro atoms. The van der Waals surface area contributed by atoms with Gasteiger partial charge in [0, 0.05) is 19.3 Å². The first-order valence-electron chi connectivity index (χ1n) is 11.5. The highest BCUT2D eigenvalue weighted by atomic mass is 16.1. The summed E-state index contributed by atoms with van der Waals surface area (Å²) in [7, 11) is 0. The molecule has 0 fully saturated rings. The molecular formula is C26H54O3. The normalized spacial score (nSPS) is 11.1. The first kappa shape index (κ1) is 35.4. The van der Waals surface area contributed by atoms with Crippen molar-refractivity contribution >= 4 is 17.3 Å². The zero-order chi connectivity index (χ0) is 24.2. The molecule has 0 aliphatic carbocycles. The quantitative estimate of drug-likeness (QED) is 0.384. The summed E-state index contributed by atoms with van der Waals surface area (Å²) in [4.78, 5) is 30.8. The number of carbonyl (C=O) groups excluding carboxylic acids is 3. The lowest BCUT2D eigenvalue weighted by Crippen LogP contribution is -1.97. The van der Waals surface area contributed by atoms with E-state index in [9.17, 15) is 14.4 Å². The van der Waals surface area contributed by atoms with E-state index in [2.05, 4.69) is 27.7 Å². The summed E-state index contributed by atoms with van der Waals surface area (Å²) in [6, 6.07) is 0. The van der Waals surface area contributed by atoms with Crippen molar-refractivity contribution in [2.75, 3.05) is 0 Å². The Kier molecular flexibility index (Phi) is 28.5. The molecule has 176 valence electrons. The number of hydrogen-bond donors (Lipinski definition) is 0. The molecule has 0 aliphatic heterocycles. The van der Waals surface area contributed by atoms with Gasteiger partial charge in [0.1, 0.15) is 17.3 Å². The SMILES string of the molecule is CC(=O)CC(C)C.CC(=O)CC(C)C.CC(=O)CC(C)C.CCC(C)CC(C)C. The molecule has 1 atom stereocenters. The standard InChI is InChI=1S/C8H18.3C6H12O/c1-5-8(4)6-7(2)3;3*1-5(2)4-6(3)7/h7-8H,5-6H2,1-4H3;3*5H,4H2,1-3H3. The van der Waals surface area contributed by atoms with Crippen LogP contribution in [0.5, 0.6) is 0 Å². The van der Waals surface area contributed by atoms with Gasteiger partial charge in [-0.25, -0.2) is 0 Å². The minimum atomic E-state index is 0.287. The van der Waals surface area contributed by atoms with Crippen LogP contribution in [-0.2, 0) is 14.4 Å². The molecule has 0 amide bonds. The first-order chi connectivity index (χ1) is 13.0. The average molecular weight is 415 g/mol. The second-order valence-corrected chi connectivity index (χ2v) is 10.0. The van der Waals surface area contributed by atoms with Gasteiger partial charge in [-0.1, -0.05) is 75.7 Å². The Hall–Kier alpha value is -0.990. The highest BCUT2D eigenvalue weighted by Gasteiger charge is 2.00. The molecule has 1 unspecified atom stereocenters. The minimum Gasteiger partial charge on any atom is -0.300 e. The predicted molar refractivity (Wildman–Crippen MR) is 129 cm³/mol. The van der Waals surface area contributed by atoms with E-state index >= 15 is 0 Å². The molecular weight excluding hydrogens is 360 g/mol. The van der Waals surface area contributed by atoms with E-state index in [0.717, 1.165) is 31.1 Å². The van der Waals surface area contributed by atoms with Crippen LogP contribution >= 0.6 is 0 Å². The Labute approximate surface area is 183 Å². The molecule has 0 aliphatic rings. The van der Waals surface area contributed by atoms with Gasteiger partial charge in [0.2, 0.25) is 0 Å². The van der Waals surface area contributed by atoms with Gasteiger partial charge in [-0.2, -0.15) is 0 Å². The Balaban J connectivity index is -0.000000144. The molecule has 0 bridgehead atoms. The summed E-state index contributed by atoms with van der Waals surface area (Å²) in [5, 5.41) is 0. The van der Waals surface area contributed by atoms with Gasteiger partial charge >= 0.3 is 0 Å². The number of Topliss-reactive ketones (excluding diaryl/α,β-unsaturated/α-hetero) is 3. The molecule has 29 heavy (non-hydrogen) atoms. The van der Waals surface area contributed by atoms with Crippen molar-refractivity contribution in [3.8, 4) is 0 Å². The van der Waals surface area contributed by atoms with Gasteiger partial charge in [-0.15, -0.1) is 0 Å². The summed E-state index contributed by atoms with van der Waals surface area (Å²) in [5.41, 5.74) is 0. The monoisotopic (exact) mass is 414 g/mol. The van der Waals surface area contributed by atoms with Crippen molar-refractivity contribution < 1.29 is 14.4 Å². The second kappa shape index (κ2) is 23.3. The summed E-state index contributed by atoms with van der Waals surface area (Å²) in [6.07, 6.45) is 4.88. The molecule has 3 nitrogen and oxygen atoms in total. The third-order valence-electron chi connectivity index (χ3n) is 3.66. The van der Waals surface area contributed by atoms with Crippen LogP contribution in [0, 0.1) is 29.6 Å². The van der Waals surface area contributed by atoms with Crippen LogP contribution in [0.15, 0.2) is 0 Å². The lowest BCUT2D eigenvalue weighted by atomic mass is 9.97. The van der Waals surface area contributed by atoms with E-state index in [4.69, 9.17) is 0 Å². The zero-order valence-corrected chi connectivity index (χ0v) is 22.1. The third-order valence-corrected chi connectivity index (χ3v) is 3.66. The van der Waals surface area contributed by atoms with Crippen LogP contribution in [0.25, 0.3) is 0 Å². The van der Waals surface area contributed by atoms with Crippen molar-refractivity contribution in [2.24, 2.45) is 29.6 Å². The van der Waals surface area contributed by atoms with Gasteiger partial charge in [0.25, 0.3) is 0 Å². The van der Waals surface area contributed by atoms with Gasteiger partial charge in [0.05, 0.1) is 0 Å². The Morgan fingerprint density at radius 1 is 0.517 bits per heavy atom. The molecule has 0 aromatic rings. The fraction of sp³-hybridized carbons (Fsp3) is 0.885.